The molecule has 2 N–H and O–H groups in total. The first-order chi connectivity index (χ1) is 18.9. The number of aliphatic hydroxyl groups excluding tert-OH is 1. The van der Waals surface area contributed by atoms with Gasteiger partial charge in [-0.1, -0.05) is 48.5 Å². The van der Waals surface area contributed by atoms with Crippen molar-refractivity contribution in [2.45, 2.75) is 56.4 Å². The topological polar surface area (TPSA) is 103 Å². The van der Waals surface area contributed by atoms with Crippen LogP contribution >= 0.6 is 11.8 Å². The van der Waals surface area contributed by atoms with Crippen molar-refractivity contribution in [3.8, 4) is 5.75 Å². The van der Waals surface area contributed by atoms with E-state index in [-0.39, 0.29) is 18.8 Å². The second-order valence-electron chi connectivity index (χ2n) is 9.18. The minimum absolute atomic E-state index is 0.0235. The monoisotopic (exact) mass is 551 g/mol. The zero-order chi connectivity index (χ0) is 27.8. The van der Waals surface area contributed by atoms with E-state index in [2.05, 4.69) is 5.32 Å². The Labute approximate surface area is 232 Å². The molecule has 206 valence electrons. The van der Waals surface area contributed by atoms with Crippen LogP contribution in [-0.4, -0.2) is 42.1 Å². The number of amides is 1. The molecular formula is C30H33NO7S. The predicted molar refractivity (Wildman–Crippen MR) is 148 cm³/mol. The lowest BCUT2D eigenvalue weighted by atomic mass is 10.0. The standard InChI is InChI=1S/C30H33NO7S/c1-19(36-20(2)33)29(34)31-24-8-6-7-23(15-24)30-37-25(18-39-28-10-5-4-9-26(28)35-3)16-27(38-30)22-13-11-21(17-32)12-14-22/h4-15,19,25,27,30,32H,16-18H2,1-3H3,(H,31,34). The number of esters is 1. The number of carbonyl (C=O) groups is 2. The summed E-state index contributed by atoms with van der Waals surface area (Å²) >= 11 is 1.66. The molecule has 3 aromatic carbocycles. The van der Waals surface area contributed by atoms with Gasteiger partial charge in [0.1, 0.15) is 5.75 Å². The fourth-order valence-corrected chi connectivity index (χ4v) is 5.30. The Balaban J connectivity index is 1.53. The number of rotatable bonds is 10. The molecule has 1 amide bonds. The fraction of sp³-hybridized carbons (Fsp3) is 0.333. The Kier molecular flexibility index (Phi) is 10.00. The largest absolute Gasteiger partial charge is 0.496 e. The molecule has 0 spiro atoms. The number of nitrogens with one attached hydrogen (secondary N) is 1. The van der Waals surface area contributed by atoms with Gasteiger partial charge in [0.05, 0.1) is 25.9 Å². The van der Waals surface area contributed by atoms with Crippen molar-refractivity contribution in [2.75, 3.05) is 18.2 Å². The van der Waals surface area contributed by atoms with Gasteiger partial charge >= 0.3 is 5.97 Å². The van der Waals surface area contributed by atoms with Gasteiger partial charge in [-0.05, 0) is 42.3 Å². The fourth-order valence-electron chi connectivity index (χ4n) is 4.25. The lowest BCUT2D eigenvalue weighted by Gasteiger charge is -2.36. The van der Waals surface area contributed by atoms with Gasteiger partial charge in [-0.3, -0.25) is 9.59 Å². The zero-order valence-corrected chi connectivity index (χ0v) is 23.0. The molecule has 4 rings (SSSR count). The maximum atomic E-state index is 12.5. The average molecular weight is 552 g/mol. The number of aliphatic hydroxyl groups is 1. The van der Waals surface area contributed by atoms with Gasteiger partial charge in [-0.2, -0.15) is 0 Å². The highest BCUT2D eigenvalue weighted by molar-refractivity contribution is 7.99. The number of methoxy groups -OCH3 is 1. The van der Waals surface area contributed by atoms with Crippen molar-refractivity contribution in [3.05, 3.63) is 89.5 Å². The van der Waals surface area contributed by atoms with E-state index in [4.69, 9.17) is 18.9 Å². The van der Waals surface area contributed by atoms with Crippen LogP contribution in [0.25, 0.3) is 0 Å². The molecule has 1 heterocycles. The van der Waals surface area contributed by atoms with Gasteiger partial charge in [0, 0.05) is 35.2 Å². The summed E-state index contributed by atoms with van der Waals surface area (Å²) in [5, 5.41) is 12.2. The van der Waals surface area contributed by atoms with E-state index in [1.165, 1.54) is 13.8 Å². The number of benzene rings is 3. The van der Waals surface area contributed by atoms with Gasteiger partial charge in [-0.25, -0.2) is 0 Å². The van der Waals surface area contributed by atoms with Gasteiger partial charge < -0.3 is 29.4 Å². The van der Waals surface area contributed by atoms with Crippen LogP contribution in [0.15, 0.2) is 77.7 Å². The first kappa shape index (κ1) is 28.6. The molecule has 4 atom stereocenters. The molecule has 9 heteroatoms. The summed E-state index contributed by atoms with van der Waals surface area (Å²) < 4.78 is 23.3. The quantitative estimate of drug-likeness (QED) is 0.255. The number of hydrogen-bond donors (Lipinski definition) is 2. The molecule has 1 aliphatic heterocycles. The van der Waals surface area contributed by atoms with Crippen molar-refractivity contribution >= 4 is 29.3 Å². The molecule has 0 bridgehead atoms. The highest BCUT2D eigenvalue weighted by Gasteiger charge is 2.32. The summed E-state index contributed by atoms with van der Waals surface area (Å²) in [4.78, 5) is 24.7. The lowest BCUT2D eigenvalue weighted by Crippen LogP contribution is -2.31. The molecule has 4 unspecified atom stereocenters. The van der Waals surface area contributed by atoms with Crippen LogP contribution in [0.5, 0.6) is 5.75 Å². The van der Waals surface area contributed by atoms with Crippen LogP contribution < -0.4 is 10.1 Å². The van der Waals surface area contributed by atoms with Gasteiger partial charge in [0.25, 0.3) is 5.91 Å². The summed E-state index contributed by atoms with van der Waals surface area (Å²) in [6, 6.07) is 22.8. The third-order valence-electron chi connectivity index (χ3n) is 6.25. The van der Waals surface area contributed by atoms with E-state index < -0.39 is 24.3 Å². The molecule has 0 radical (unpaired) electrons. The number of thioether (sulfide) groups is 1. The maximum absolute atomic E-state index is 12.5. The van der Waals surface area contributed by atoms with Crippen molar-refractivity contribution in [1.29, 1.82) is 0 Å². The number of para-hydroxylation sites is 1. The molecule has 1 saturated heterocycles. The summed E-state index contributed by atoms with van der Waals surface area (Å²) in [7, 11) is 1.66. The van der Waals surface area contributed by atoms with Crippen LogP contribution in [0.4, 0.5) is 5.69 Å². The molecule has 3 aromatic rings. The van der Waals surface area contributed by atoms with E-state index in [0.717, 1.165) is 27.3 Å². The Morgan fingerprint density at radius 2 is 1.82 bits per heavy atom. The third kappa shape index (κ3) is 7.83. The van der Waals surface area contributed by atoms with Crippen LogP contribution in [0.2, 0.25) is 0 Å². The predicted octanol–water partition coefficient (Wildman–Crippen LogP) is 5.42. The number of hydrogen-bond acceptors (Lipinski definition) is 8. The third-order valence-corrected chi connectivity index (χ3v) is 7.43. The van der Waals surface area contributed by atoms with Crippen LogP contribution in [0, 0.1) is 0 Å². The van der Waals surface area contributed by atoms with E-state index in [1.54, 1.807) is 31.0 Å². The van der Waals surface area contributed by atoms with Crippen molar-refractivity contribution in [3.63, 3.8) is 0 Å². The lowest BCUT2D eigenvalue weighted by molar-refractivity contribution is -0.245. The maximum Gasteiger partial charge on any atom is 0.303 e. The minimum atomic E-state index is -0.920. The minimum Gasteiger partial charge on any atom is -0.496 e. The molecular weight excluding hydrogens is 518 g/mol. The highest BCUT2D eigenvalue weighted by atomic mass is 32.2. The molecule has 0 aliphatic carbocycles. The Morgan fingerprint density at radius 3 is 2.54 bits per heavy atom. The second-order valence-corrected chi connectivity index (χ2v) is 10.2. The van der Waals surface area contributed by atoms with E-state index in [1.807, 2.05) is 60.7 Å². The summed E-state index contributed by atoms with van der Waals surface area (Å²) in [6.45, 7) is 2.76. The molecule has 39 heavy (non-hydrogen) atoms. The molecule has 1 fully saturated rings. The second kappa shape index (κ2) is 13.6. The smallest absolute Gasteiger partial charge is 0.303 e. The number of carbonyl (C=O) groups excluding carboxylic acids is 2. The number of anilines is 1. The zero-order valence-electron chi connectivity index (χ0n) is 22.2. The van der Waals surface area contributed by atoms with Crippen LogP contribution in [0.1, 0.15) is 49.4 Å². The summed E-state index contributed by atoms with van der Waals surface area (Å²) in [6.07, 6.45) is -1.32. The molecule has 8 nitrogen and oxygen atoms in total. The van der Waals surface area contributed by atoms with Gasteiger partial charge in [0.15, 0.2) is 12.4 Å². The van der Waals surface area contributed by atoms with Gasteiger partial charge in [0.2, 0.25) is 0 Å². The average Bonchev–Trinajstić information content (AvgIpc) is 2.96. The van der Waals surface area contributed by atoms with Crippen LogP contribution in [0.3, 0.4) is 0 Å². The molecule has 0 saturated carbocycles. The Hall–Kier alpha value is -3.37. The summed E-state index contributed by atoms with van der Waals surface area (Å²) in [5.74, 6) is 0.543. The highest BCUT2D eigenvalue weighted by Crippen LogP contribution is 2.40. The Bertz CT molecular complexity index is 1270. The SMILES string of the molecule is COc1ccccc1SCC1CC(c2ccc(CO)cc2)OC(c2cccc(NC(=O)C(C)OC(C)=O)c2)O1. The normalized spacial score (nSPS) is 19.6. The van der Waals surface area contributed by atoms with E-state index >= 15 is 0 Å². The Morgan fingerprint density at radius 1 is 1.05 bits per heavy atom. The molecule has 0 aromatic heterocycles. The van der Waals surface area contributed by atoms with E-state index in [0.29, 0.717) is 17.9 Å². The van der Waals surface area contributed by atoms with Crippen LogP contribution in [-0.2, 0) is 30.4 Å². The first-order valence-electron chi connectivity index (χ1n) is 12.7. The van der Waals surface area contributed by atoms with Crippen molar-refractivity contribution in [2.24, 2.45) is 0 Å². The van der Waals surface area contributed by atoms with Crippen molar-refractivity contribution in [1.82, 2.24) is 0 Å². The van der Waals surface area contributed by atoms with Gasteiger partial charge in [-0.15, -0.1) is 11.8 Å². The van der Waals surface area contributed by atoms with Crippen molar-refractivity contribution < 1.29 is 33.6 Å². The summed E-state index contributed by atoms with van der Waals surface area (Å²) in [5.41, 5.74) is 3.11. The molecule has 1 aliphatic rings. The van der Waals surface area contributed by atoms with E-state index in [9.17, 15) is 14.7 Å². The first-order valence-corrected chi connectivity index (χ1v) is 13.7. The number of ether oxygens (including phenoxy) is 4.